The number of nitrogens with zero attached hydrogens (tertiary/aromatic N) is 2. The van der Waals surface area contributed by atoms with Gasteiger partial charge in [0.2, 0.25) is 5.91 Å². The van der Waals surface area contributed by atoms with Crippen LogP contribution in [-0.2, 0) is 9.59 Å². The van der Waals surface area contributed by atoms with Crippen molar-refractivity contribution < 1.29 is 19.5 Å². The van der Waals surface area contributed by atoms with E-state index in [9.17, 15) is 14.4 Å². The molecule has 0 aromatic carbocycles. The average molecular weight is 299 g/mol. The summed E-state index contributed by atoms with van der Waals surface area (Å²) in [6.07, 6.45) is 1.27. The van der Waals surface area contributed by atoms with E-state index in [-0.39, 0.29) is 25.0 Å². The van der Waals surface area contributed by atoms with Gasteiger partial charge in [-0.15, -0.1) is 0 Å². The van der Waals surface area contributed by atoms with Crippen LogP contribution < -0.4 is 5.32 Å². The lowest BCUT2D eigenvalue weighted by Gasteiger charge is -2.33. The van der Waals surface area contributed by atoms with Gasteiger partial charge in [0.15, 0.2) is 0 Å². The van der Waals surface area contributed by atoms with Crippen LogP contribution in [0.3, 0.4) is 0 Å². The highest BCUT2D eigenvalue weighted by molar-refractivity contribution is 5.84. The third-order valence-corrected chi connectivity index (χ3v) is 3.46. The molecule has 0 unspecified atom stereocenters. The number of piperidine rings is 1. The Kier molecular flexibility index (Phi) is 6.45. The Labute approximate surface area is 125 Å². The monoisotopic (exact) mass is 299 g/mol. The van der Waals surface area contributed by atoms with Crippen LogP contribution in [0.25, 0.3) is 0 Å². The van der Waals surface area contributed by atoms with E-state index in [0.29, 0.717) is 31.8 Å². The lowest BCUT2D eigenvalue weighted by atomic mass is 9.99. The predicted octanol–water partition coefficient (Wildman–Crippen LogP) is 0.607. The molecule has 1 fully saturated rings. The van der Waals surface area contributed by atoms with Crippen LogP contribution in [-0.4, -0.2) is 66.0 Å². The highest BCUT2D eigenvalue weighted by Crippen LogP contribution is 2.17. The van der Waals surface area contributed by atoms with Gasteiger partial charge in [-0.2, -0.15) is 0 Å². The number of aliphatic carboxylic acids is 1. The summed E-state index contributed by atoms with van der Waals surface area (Å²) < 4.78 is 0. The summed E-state index contributed by atoms with van der Waals surface area (Å²) in [7, 11) is 1.56. The van der Waals surface area contributed by atoms with Crippen molar-refractivity contribution in [2.24, 2.45) is 11.8 Å². The first-order chi connectivity index (χ1) is 9.81. The molecule has 0 radical (unpaired) electrons. The van der Waals surface area contributed by atoms with E-state index in [0.717, 1.165) is 0 Å². The number of likely N-dealkylation sites (tertiary alicyclic amines) is 1. The Morgan fingerprint density at radius 1 is 1.38 bits per heavy atom. The topological polar surface area (TPSA) is 90.0 Å². The van der Waals surface area contributed by atoms with Crippen LogP contribution in [0.2, 0.25) is 0 Å². The molecule has 1 atom stereocenters. The van der Waals surface area contributed by atoms with Crippen LogP contribution in [0.15, 0.2) is 0 Å². The van der Waals surface area contributed by atoms with Gasteiger partial charge in [-0.05, 0) is 18.8 Å². The summed E-state index contributed by atoms with van der Waals surface area (Å²) in [5, 5.41) is 11.8. The molecule has 1 rings (SSSR count). The van der Waals surface area contributed by atoms with Gasteiger partial charge >= 0.3 is 12.0 Å². The van der Waals surface area contributed by atoms with Crippen LogP contribution in [0.5, 0.6) is 0 Å². The number of likely N-dealkylation sites (N-methyl/N-ethyl adjacent to an activating group) is 1. The zero-order valence-electron chi connectivity index (χ0n) is 13.0. The molecule has 0 spiro atoms. The molecule has 0 aromatic rings. The average Bonchev–Trinajstić information content (AvgIpc) is 2.44. The van der Waals surface area contributed by atoms with Crippen LogP contribution in [0.1, 0.15) is 26.7 Å². The maximum absolute atomic E-state index is 12.2. The van der Waals surface area contributed by atoms with E-state index in [1.54, 1.807) is 7.05 Å². The van der Waals surface area contributed by atoms with Gasteiger partial charge in [-0.25, -0.2) is 4.79 Å². The summed E-state index contributed by atoms with van der Waals surface area (Å²) >= 11 is 0. The molecular weight excluding hydrogens is 274 g/mol. The molecule has 0 aliphatic carbocycles. The SMILES string of the molecule is CC(C)CNC(=O)CN(C)C(=O)N1CCC[C@@H](C(=O)O)C1. The molecule has 3 amide bonds. The van der Waals surface area contributed by atoms with Gasteiger partial charge in [-0.3, -0.25) is 9.59 Å². The second kappa shape index (κ2) is 7.85. The first kappa shape index (κ1) is 17.3. The van der Waals surface area contributed by atoms with Gasteiger partial charge in [0.25, 0.3) is 0 Å². The minimum Gasteiger partial charge on any atom is -0.481 e. The zero-order chi connectivity index (χ0) is 16.0. The maximum atomic E-state index is 12.2. The summed E-state index contributed by atoms with van der Waals surface area (Å²) in [5.74, 6) is -1.23. The molecule has 0 bridgehead atoms. The lowest BCUT2D eigenvalue weighted by Crippen LogP contribution is -2.50. The van der Waals surface area contributed by atoms with Crippen molar-refractivity contribution in [3.63, 3.8) is 0 Å². The Bertz CT molecular complexity index is 398. The van der Waals surface area contributed by atoms with Crippen LogP contribution >= 0.6 is 0 Å². The van der Waals surface area contributed by atoms with Crippen LogP contribution in [0.4, 0.5) is 4.79 Å². The van der Waals surface area contributed by atoms with Crippen LogP contribution in [0, 0.1) is 11.8 Å². The summed E-state index contributed by atoms with van der Waals surface area (Å²) in [6.45, 7) is 5.31. The first-order valence-corrected chi connectivity index (χ1v) is 7.30. The number of carbonyl (C=O) groups is 3. The van der Waals surface area contributed by atoms with Gasteiger partial charge < -0.3 is 20.2 Å². The zero-order valence-corrected chi connectivity index (χ0v) is 13.0. The molecule has 1 saturated heterocycles. The Balaban J connectivity index is 2.46. The van der Waals surface area contributed by atoms with Crippen molar-refractivity contribution in [1.29, 1.82) is 0 Å². The van der Waals surface area contributed by atoms with E-state index in [4.69, 9.17) is 5.11 Å². The molecule has 1 heterocycles. The molecule has 1 aliphatic rings. The van der Waals surface area contributed by atoms with E-state index < -0.39 is 11.9 Å². The Morgan fingerprint density at radius 2 is 2.05 bits per heavy atom. The highest BCUT2D eigenvalue weighted by Gasteiger charge is 2.29. The number of amides is 3. The second-order valence-corrected chi connectivity index (χ2v) is 5.96. The second-order valence-electron chi connectivity index (χ2n) is 5.96. The Morgan fingerprint density at radius 3 is 2.62 bits per heavy atom. The molecule has 120 valence electrons. The largest absolute Gasteiger partial charge is 0.481 e. The lowest BCUT2D eigenvalue weighted by molar-refractivity contribution is -0.143. The number of rotatable bonds is 5. The maximum Gasteiger partial charge on any atom is 0.320 e. The third-order valence-electron chi connectivity index (χ3n) is 3.46. The fraction of sp³-hybridized carbons (Fsp3) is 0.786. The predicted molar refractivity (Wildman–Crippen MR) is 77.8 cm³/mol. The standard InChI is InChI=1S/C14H25N3O4/c1-10(2)7-15-12(18)9-16(3)14(21)17-6-4-5-11(8-17)13(19)20/h10-11H,4-9H2,1-3H3,(H,15,18)(H,19,20)/t11-/m1/s1. The fourth-order valence-electron chi connectivity index (χ4n) is 2.25. The van der Waals surface area contributed by atoms with E-state index in [1.807, 2.05) is 13.8 Å². The first-order valence-electron chi connectivity index (χ1n) is 7.30. The number of urea groups is 1. The quantitative estimate of drug-likeness (QED) is 0.778. The van der Waals surface area contributed by atoms with Crippen molar-refractivity contribution in [3.8, 4) is 0 Å². The van der Waals surface area contributed by atoms with Crippen molar-refractivity contribution >= 4 is 17.9 Å². The van der Waals surface area contributed by atoms with Crippen molar-refractivity contribution in [1.82, 2.24) is 15.1 Å². The molecular formula is C14H25N3O4. The highest BCUT2D eigenvalue weighted by atomic mass is 16.4. The van der Waals surface area contributed by atoms with Crippen molar-refractivity contribution in [2.45, 2.75) is 26.7 Å². The number of carbonyl (C=O) groups excluding carboxylic acids is 2. The minimum absolute atomic E-state index is 0.0141. The van der Waals surface area contributed by atoms with E-state index in [2.05, 4.69) is 5.32 Å². The van der Waals surface area contributed by atoms with Gasteiger partial charge in [0.05, 0.1) is 5.92 Å². The molecule has 21 heavy (non-hydrogen) atoms. The molecule has 0 saturated carbocycles. The summed E-state index contributed by atoms with van der Waals surface area (Å²) in [4.78, 5) is 37.8. The number of carboxylic acid groups (broad SMARTS) is 1. The van der Waals surface area contributed by atoms with Crippen molar-refractivity contribution in [2.75, 3.05) is 33.2 Å². The summed E-state index contributed by atoms with van der Waals surface area (Å²) in [5.41, 5.74) is 0. The molecule has 0 aromatic heterocycles. The van der Waals surface area contributed by atoms with Crippen molar-refractivity contribution in [3.05, 3.63) is 0 Å². The molecule has 7 nitrogen and oxygen atoms in total. The smallest absolute Gasteiger partial charge is 0.320 e. The number of hydrogen-bond donors (Lipinski definition) is 2. The molecule has 2 N–H and O–H groups in total. The van der Waals surface area contributed by atoms with E-state index >= 15 is 0 Å². The minimum atomic E-state index is -0.871. The number of carboxylic acids is 1. The number of hydrogen-bond acceptors (Lipinski definition) is 3. The Hall–Kier alpha value is -1.79. The van der Waals surface area contributed by atoms with Gasteiger partial charge in [0, 0.05) is 26.7 Å². The molecule has 1 aliphatic heterocycles. The number of nitrogens with one attached hydrogen (secondary N) is 1. The van der Waals surface area contributed by atoms with Gasteiger partial charge in [-0.1, -0.05) is 13.8 Å². The van der Waals surface area contributed by atoms with E-state index in [1.165, 1.54) is 9.80 Å². The molecule has 7 heteroatoms. The summed E-state index contributed by atoms with van der Waals surface area (Å²) in [6, 6.07) is -0.291. The normalized spacial score (nSPS) is 18.5. The third kappa shape index (κ3) is 5.61. The van der Waals surface area contributed by atoms with Gasteiger partial charge in [0.1, 0.15) is 6.54 Å². The fourth-order valence-corrected chi connectivity index (χ4v) is 2.25.